The third-order valence-corrected chi connectivity index (χ3v) is 1.12. The molecule has 0 amide bonds. The van der Waals surface area contributed by atoms with Crippen molar-refractivity contribution in [2.45, 2.75) is 17.1 Å². The number of carboxylic acid groups (broad SMARTS) is 1. The Kier molecular flexibility index (Phi) is 3.38. The third kappa shape index (κ3) is 8.13. The quantitative estimate of drug-likeness (QED) is 0.363. The van der Waals surface area contributed by atoms with Gasteiger partial charge in [0.2, 0.25) is 0 Å². The van der Waals surface area contributed by atoms with Crippen LogP contribution in [0.1, 0.15) is 12.8 Å². The third-order valence-electron chi connectivity index (χ3n) is 0.674. The van der Waals surface area contributed by atoms with Crippen molar-refractivity contribution in [3.05, 3.63) is 0 Å². The van der Waals surface area contributed by atoms with Crippen LogP contribution in [0, 0.1) is 0 Å². The van der Waals surface area contributed by atoms with Gasteiger partial charge in [-0.1, -0.05) is 0 Å². The van der Waals surface area contributed by atoms with Gasteiger partial charge < -0.3 is 10.2 Å². The fraction of sp³-hybridized carbons (Fsp3) is 0.750. The number of hydrogen-bond donors (Lipinski definition) is 4. The smallest absolute Gasteiger partial charge is 0.303 e. The van der Waals surface area contributed by atoms with Crippen LogP contribution in [0.4, 0.5) is 0 Å². The minimum absolute atomic E-state index is 0.0363. The lowest BCUT2D eigenvalue weighted by atomic mass is 10.3. The number of aliphatic carboxylic acids is 1. The van der Waals surface area contributed by atoms with Gasteiger partial charge in [0.25, 0.3) is 0 Å². The number of thiol groups is 2. The summed E-state index contributed by atoms with van der Waals surface area (Å²) >= 11 is 7.17. The van der Waals surface area contributed by atoms with E-state index in [4.69, 9.17) is 10.2 Å². The average Bonchev–Trinajstić information content (AvgIpc) is 1.59. The predicted octanol–water partition coefficient (Wildman–Crippen LogP) is 0.357. The first kappa shape index (κ1) is 9.13. The Hall–Kier alpha value is 0.130. The molecule has 0 bridgehead atoms. The molecular weight excluding hydrogens is 160 g/mol. The summed E-state index contributed by atoms with van der Waals surface area (Å²) in [6, 6.07) is 0. The van der Waals surface area contributed by atoms with Crippen molar-refractivity contribution in [1.29, 1.82) is 0 Å². The standard InChI is InChI=1S/C4H8O3S2/c5-3(6)1-2-4(7,8)9/h7-9H,1-2H2,(H,5,6). The predicted molar refractivity (Wildman–Crippen MR) is 39.8 cm³/mol. The second-order valence-electron chi connectivity index (χ2n) is 1.67. The van der Waals surface area contributed by atoms with Gasteiger partial charge in [0.15, 0.2) is 4.27 Å². The van der Waals surface area contributed by atoms with Gasteiger partial charge in [-0.05, 0) is 0 Å². The van der Waals surface area contributed by atoms with Crippen LogP contribution in [-0.2, 0) is 4.79 Å². The van der Waals surface area contributed by atoms with E-state index in [9.17, 15) is 4.79 Å². The fourth-order valence-corrected chi connectivity index (χ4v) is 0.498. The molecule has 0 saturated carbocycles. The maximum absolute atomic E-state index is 9.87. The van der Waals surface area contributed by atoms with E-state index < -0.39 is 10.2 Å². The Labute approximate surface area is 63.9 Å². The molecular formula is C4H8O3S2. The molecule has 54 valence electrons. The zero-order valence-corrected chi connectivity index (χ0v) is 6.40. The Bertz CT molecular complexity index is 107. The van der Waals surface area contributed by atoms with Crippen LogP contribution in [0.15, 0.2) is 0 Å². The molecule has 0 aromatic rings. The lowest BCUT2D eigenvalue weighted by Gasteiger charge is -2.11. The SMILES string of the molecule is O=C(O)CCC(O)(S)S. The second-order valence-corrected chi connectivity index (χ2v) is 3.50. The number of aliphatic hydroxyl groups is 1. The van der Waals surface area contributed by atoms with E-state index in [1.54, 1.807) is 0 Å². The summed E-state index contributed by atoms with van der Waals surface area (Å²) in [5, 5.41) is 16.8. The molecule has 0 aliphatic carbocycles. The second kappa shape index (κ2) is 3.34. The Morgan fingerprint density at radius 1 is 1.56 bits per heavy atom. The normalized spacial score (nSPS) is 11.4. The topological polar surface area (TPSA) is 57.5 Å². The van der Waals surface area contributed by atoms with Crippen LogP contribution in [0.2, 0.25) is 0 Å². The van der Waals surface area contributed by atoms with Crippen molar-refractivity contribution in [3.8, 4) is 0 Å². The summed E-state index contributed by atoms with van der Waals surface area (Å²) in [4.78, 5) is 9.87. The zero-order valence-electron chi connectivity index (χ0n) is 4.61. The van der Waals surface area contributed by atoms with E-state index in [1.165, 1.54) is 0 Å². The first-order chi connectivity index (χ1) is 3.92. The van der Waals surface area contributed by atoms with Crippen LogP contribution in [0.5, 0.6) is 0 Å². The molecule has 0 unspecified atom stereocenters. The molecule has 2 N–H and O–H groups in total. The molecule has 0 spiro atoms. The molecule has 0 aliphatic rings. The van der Waals surface area contributed by atoms with Crippen LogP contribution < -0.4 is 0 Å². The van der Waals surface area contributed by atoms with E-state index in [0.29, 0.717) is 0 Å². The summed E-state index contributed by atoms with van der Waals surface area (Å²) in [5.74, 6) is -0.962. The Morgan fingerprint density at radius 3 is 2.11 bits per heavy atom. The van der Waals surface area contributed by atoms with E-state index in [2.05, 4.69) is 25.3 Å². The molecule has 0 heterocycles. The van der Waals surface area contributed by atoms with Gasteiger partial charge in [-0.25, -0.2) is 0 Å². The lowest BCUT2D eigenvalue weighted by molar-refractivity contribution is -0.137. The monoisotopic (exact) mass is 168 g/mol. The van der Waals surface area contributed by atoms with Gasteiger partial charge in [-0.3, -0.25) is 4.79 Å². The van der Waals surface area contributed by atoms with E-state index in [-0.39, 0.29) is 12.8 Å². The lowest BCUT2D eigenvalue weighted by Crippen LogP contribution is -2.13. The highest BCUT2D eigenvalue weighted by Gasteiger charge is 2.15. The highest BCUT2D eigenvalue weighted by atomic mass is 32.2. The Balaban J connectivity index is 3.39. The molecule has 0 aliphatic heterocycles. The van der Waals surface area contributed by atoms with Gasteiger partial charge in [-0.2, -0.15) is 0 Å². The highest BCUT2D eigenvalue weighted by molar-refractivity contribution is 8.00. The summed E-state index contributed by atoms with van der Waals surface area (Å²) in [6.07, 6.45) is -0.0853. The number of rotatable bonds is 3. The fourth-order valence-electron chi connectivity index (χ4n) is 0.275. The molecule has 0 saturated heterocycles. The summed E-state index contributed by atoms with van der Waals surface area (Å²) in [5.41, 5.74) is 0. The maximum atomic E-state index is 9.87. The van der Waals surface area contributed by atoms with Crippen molar-refractivity contribution in [2.24, 2.45) is 0 Å². The van der Waals surface area contributed by atoms with Crippen molar-refractivity contribution < 1.29 is 15.0 Å². The van der Waals surface area contributed by atoms with Crippen molar-refractivity contribution in [2.75, 3.05) is 0 Å². The van der Waals surface area contributed by atoms with E-state index in [1.807, 2.05) is 0 Å². The van der Waals surface area contributed by atoms with E-state index in [0.717, 1.165) is 0 Å². The van der Waals surface area contributed by atoms with Gasteiger partial charge >= 0.3 is 5.97 Å². The minimum atomic E-state index is -1.46. The van der Waals surface area contributed by atoms with Crippen molar-refractivity contribution in [3.63, 3.8) is 0 Å². The maximum Gasteiger partial charge on any atom is 0.303 e. The summed E-state index contributed by atoms with van der Waals surface area (Å²) < 4.78 is -1.46. The van der Waals surface area contributed by atoms with Crippen LogP contribution in [-0.4, -0.2) is 20.4 Å². The molecule has 0 fully saturated rings. The van der Waals surface area contributed by atoms with Gasteiger partial charge in [0, 0.05) is 12.8 Å². The van der Waals surface area contributed by atoms with Crippen molar-refractivity contribution in [1.82, 2.24) is 0 Å². The molecule has 5 heteroatoms. The summed E-state index contributed by atoms with van der Waals surface area (Å²) in [7, 11) is 0. The number of carboxylic acids is 1. The average molecular weight is 168 g/mol. The number of hydrogen-bond acceptors (Lipinski definition) is 4. The molecule has 0 aromatic heterocycles. The van der Waals surface area contributed by atoms with Crippen LogP contribution in [0.3, 0.4) is 0 Å². The van der Waals surface area contributed by atoms with Crippen molar-refractivity contribution >= 4 is 31.2 Å². The first-order valence-corrected chi connectivity index (χ1v) is 3.20. The van der Waals surface area contributed by atoms with Gasteiger partial charge in [0.1, 0.15) is 0 Å². The highest BCUT2D eigenvalue weighted by Crippen LogP contribution is 2.20. The molecule has 0 atom stereocenters. The molecule has 9 heavy (non-hydrogen) atoms. The zero-order chi connectivity index (χ0) is 7.49. The van der Waals surface area contributed by atoms with Gasteiger partial charge in [0.05, 0.1) is 0 Å². The molecule has 0 aromatic carbocycles. The number of carbonyl (C=O) groups is 1. The summed E-state index contributed by atoms with van der Waals surface area (Å²) in [6.45, 7) is 0. The van der Waals surface area contributed by atoms with Crippen LogP contribution in [0.25, 0.3) is 0 Å². The van der Waals surface area contributed by atoms with Crippen LogP contribution >= 0.6 is 25.3 Å². The molecule has 3 nitrogen and oxygen atoms in total. The van der Waals surface area contributed by atoms with Gasteiger partial charge in [-0.15, -0.1) is 25.3 Å². The molecule has 0 rings (SSSR count). The molecule has 0 radical (unpaired) electrons. The van der Waals surface area contributed by atoms with E-state index >= 15 is 0 Å². The first-order valence-electron chi connectivity index (χ1n) is 2.31. The Morgan fingerprint density at radius 2 is 2.00 bits per heavy atom. The largest absolute Gasteiger partial charge is 0.481 e. The minimum Gasteiger partial charge on any atom is -0.481 e.